The molecular weight excluding hydrogens is 442 g/mol. The number of hydrogen-bond acceptors (Lipinski definition) is 5. The Hall–Kier alpha value is -1.57. The van der Waals surface area contributed by atoms with Crippen LogP contribution in [0.15, 0.2) is 35.3 Å². The molecule has 2 unspecified atom stereocenters. The Labute approximate surface area is 209 Å². The third-order valence-electron chi connectivity index (χ3n) is 9.09. The van der Waals surface area contributed by atoms with Gasteiger partial charge < -0.3 is 20.9 Å². The van der Waals surface area contributed by atoms with E-state index in [-0.39, 0.29) is 11.3 Å². The van der Waals surface area contributed by atoms with E-state index in [2.05, 4.69) is 70.0 Å². The molecule has 0 saturated carbocycles. The highest BCUT2D eigenvalue weighted by molar-refractivity contribution is 8.14. The first-order valence-corrected chi connectivity index (χ1v) is 14.2. The van der Waals surface area contributed by atoms with E-state index in [1.165, 1.54) is 5.56 Å². The predicted molar refractivity (Wildman–Crippen MR) is 141 cm³/mol. The smallest absolute Gasteiger partial charge is 0.227 e. The normalized spacial score (nSPS) is 36.8. The van der Waals surface area contributed by atoms with E-state index in [0.717, 1.165) is 63.6 Å². The summed E-state index contributed by atoms with van der Waals surface area (Å²) in [5.74, 6) is 1.51. The average Bonchev–Trinajstić information content (AvgIpc) is 3.50. The molecule has 0 radical (unpaired) electrons. The predicted octanol–water partition coefficient (Wildman–Crippen LogP) is 3.07. The molecule has 1 aromatic rings. The number of carbonyl (C=O) groups excluding carboxylic acids is 1. The maximum Gasteiger partial charge on any atom is 0.227 e. The lowest BCUT2D eigenvalue weighted by molar-refractivity contribution is -0.144. The van der Waals surface area contributed by atoms with Crippen molar-refractivity contribution in [3.05, 3.63) is 35.9 Å². The molecule has 4 heterocycles. The maximum atomic E-state index is 14.4. The highest BCUT2D eigenvalue weighted by Gasteiger charge is 2.59. The molecule has 3 N–H and O–H groups in total. The minimum Gasteiger partial charge on any atom is -0.360 e. The van der Waals surface area contributed by atoms with Gasteiger partial charge in [0.15, 0.2) is 5.17 Å². The molecule has 0 bridgehead atoms. The Kier molecular flexibility index (Phi) is 7.24. The van der Waals surface area contributed by atoms with Crippen LogP contribution in [0, 0.1) is 17.3 Å². The van der Waals surface area contributed by atoms with Gasteiger partial charge in [-0.15, -0.1) is 0 Å². The van der Waals surface area contributed by atoms with Crippen molar-refractivity contribution in [2.75, 3.05) is 39.8 Å². The van der Waals surface area contributed by atoms with E-state index < -0.39 is 0 Å². The molecule has 0 aliphatic carbocycles. The molecule has 1 amide bonds. The summed E-state index contributed by atoms with van der Waals surface area (Å²) in [5.41, 5.74) is 1.36. The number of thioether (sulfide) groups is 1. The number of amidine groups is 1. The van der Waals surface area contributed by atoms with Crippen LogP contribution in [0.4, 0.5) is 0 Å². The largest absolute Gasteiger partial charge is 0.360 e. The lowest BCUT2D eigenvalue weighted by Gasteiger charge is -2.49. The van der Waals surface area contributed by atoms with Crippen LogP contribution < -0.4 is 16.0 Å². The van der Waals surface area contributed by atoms with Gasteiger partial charge >= 0.3 is 0 Å². The van der Waals surface area contributed by atoms with Gasteiger partial charge in [0.25, 0.3) is 0 Å². The van der Waals surface area contributed by atoms with E-state index in [4.69, 9.17) is 0 Å². The minimum absolute atomic E-state index is 0.0171. The van der Waals surface area contributed by atoms with Crippen LogP contribution in [0.5, 0.6) is 0 Å². The van der Waals surface area contributed by atoms with Gasteiger partial charge in [-0.05, 0) is 30.2 Å². The van der Waals surface area contributed by atoms with Gasteiger partial charge in [-0.25, -0.2) is 0 Å². The summed E-state index contributed by atoms with van der Waals surface area (Å²) in [4.78, 5) is 21.2. The highest BCUT2D eigenvalue weighted by Crippen LogP contribution is 2.48. The third kappa shape index (κ3) is 4.18. The fourth-order valence-electron chi connectivity index (χ4n) is 7.20. The quantitative estimate of drug-likeness (QED) is 0.601. The van der Waals surface area contributed by atoms with Crippen molar-refractivity contribution in [1.82, 2.24) is 20.9 Å². The van der Waals surface area contributed by atoms with Gasteiger partial charge in [0.05, 0.1) is 12.0 Å². The van der Waals surface area contributed by atoms with E-state index in [1.807, 2.05) is 18.8 Å². The zero-order chi connectivity index (χ0) is 23.7. The Morgan fingerprint density at radius 2 is 1.91 bits per heavy atom. The Bertz CT molecular complexity index is 890. The minimum atomic E-state index is -0.0706. The molecule has 7 heteroatoms. The number of nitrogens with one attached hydrogen (secondary N) is 3. The van der Waals surface area contributed by atoms with Crippen molar-refractivity contribution >= 4 is 22.8 Å². The molecule has 4 saturated heterocycles. The third-order valence-corrected chi connectivity index (χ3v) is 10.7. The van der Waals surface area contributed by atoms with Gasteiger partial charge in [0.2, 0.25) is 5.91 Å². The number of amides is 1. The van der Waals surface area contributed by atoms with Crippen molar-refractivity contribution in [1.29, 1.82) is 0 Å². The monoisotopic (exact) mass is 483 g/mol. The molecule has 1 spiro atoms. The number of nitrogens with zero attached hydrogens (tertiary/aromatic N) is 2. The number of benzene rings is 1. The fourth-order valence-corrected chi connectivity index (χ4v) is 8.66. The zero-order valence-electron chi connectivity index (χ0n) is 20.9. The van der Waals surface area contributed by atoms with Crippen molar-refractivity contribution in [2.24, 2.45) is 22.2 Å². The molecule has 34 heavy (non-hydrogen) atoms. The van der Waals surface area contributed by atoms with E-state index in [0.29, 0.717) is 35.1 Å². The molecule has 6 nitrogen and oxygen atoms in total. The first-order chi connectivity index (χ1) is 16.6. The van der Waals surface area contributed by atoms with E-state index >= 15 is 0 Å². The van der Waals surface area contributed by atoms with Gasteiger partial charge in [-0.1, -0.05) is 68.8 Å². The number of hydrogen-bond donors (Lipinski definition) is 3. The van der Waals surface area contributed by atoms with Crippen LogP contribution in [0.3, 0.4) is 0 Å². The Morgan fingerprint density at radius 3 is 2.62 bits per heavy atom. The lowest BCUT2D eigenvalue weighted by Crippen LogP contribution is -2.63. The molecule has 4 aliphatic heterocycles. The molecule has 6 atom stereocenters. The van der Waals surface area contributed by atoms with Crippen LogP contribution in [-0.2, 0) is 4.79 Å². The first kappa shape index (κ1) is 24.1. The van der Waals surface area contributed by atoms with Crippen LogP contribution in [0.1, 0.15) is 51.0 Å². The van der Waals surface area contributed by atoms with Crippen LogP contribution in [-0.4, -0.2) is 73.1 Å². The second-order valence-corrected chi connectivity index (χ2v) is 11.8. The van der Waals surface area contributed by atoms with Crippen LogP contribution in [0.25, 0.3) is 0 Å². The molecule has 4 fully saturated rings. The highest BCUT2D eigenvalue weighted by atomic mass is 32.2. The fraction of sp³-hybridized carbons (Fsp3) is 0.704. The Morgan fingerprint density at radius 1 is 1.18 bits per heavy atom. The second kappa shape index (κ2) is 10.2. The lowest BCUT2D eigenvalue weighted by atomic mass is 9.69. The summed E-state index contributed by atoms with van der Waals surface area (Å²) in [6.07, 6.45) is 4.40. The van der Waals surface area contributed by atoms with Gasteiger partial charge in [-0.3, -0.25) is 9.79 Å². The summed E-state index contributed by atoms with van der Waals surface area (Å²) < 4.78 is 0. The van der Waals surface area contributed by atoms with Crippen molar-refractivity contribution in [2.45, 2.75) is 62.8 Å². The molecule has 0 aromatic heterocycles. The number of aliphatic imine (C=N–C) groups is 1. The van der Waals surface area contributed by atoms with Gasteiger partial charge in [-0.2, -0.15) is 0 Å². The molecule has 186 valence electrons. The van der Waals surface area contributed by atoms with Gasteiger partial charge in [0, 0.05) is 56.5 Å². The van der Waals surface area contributed by atoms with E-state index in [9.17, 15) is 4.79 Å². The molecule has 5 rings (SSSR count). The number of rotatable bonds is 5. The van der Waals surface area contributed by atoms with Crippen molar-refractivity contribution < 1.29 is 4.79 Å². The standard InChI is InChI=1S/C27H41N5OS/c1-4-18(5-2)23-13-20(19-9-7-6-8-10-19)11-12-32(23)25(33)21-14-29-16-27(21)17-30-15-22-24(27)34-26(28-3)31-22/h6-10,18,20-24,29-30H,4-5,11-17H2,1-3H3,(H,28,31)/t20-,21+,22?,23+,24?,27+/m1/s1. The van der Waals surface area contributed by atoms with Gasteiger partial charge in [0.1, 0.15) is 0 Å². The Balaban J connectivity index is 1.41. The topological polar surface area (TPSA) is 68.8 Å². The molecule has 4 aliphatic rings. The summed E-state index contributed by atoms with van der Waals surface area (Å²) in [6.45, 7) is 9.00. The first-order valence-electron chi connectivity index (χ1n) is 13.3. The summed E-state index contributed by atoms with van der Waals surface area (Å²) >= 11 is 1.86. The number of fused-ring (bicyclic) bond motifs is 2. The van der Waals surface area contributed by atoms with Crippen LogP contribution in [0.2, 0.25) is 0 Å². The SMILES string of the molecule is CCC(CC)[C@@H]1C[C@H](c2ccccc2)CCN1C(=O)[C@@H]1CNC[C@]12CNCC1NC(=NC)SC12. The number of likely N-dealkylation sites (tertiary alicyclic amines) is 1. The van der Waals surface area contributed by atoms with Crippen LogP contribution >= 0.6 is 11.8 Å². The van der Waals surface area contributed by atoms with Crippen molar-refractivity contribution in [3.63, 3.8) is 0 Å². The molecular formula is C27H41N5OS. The average molecular weight is 484 g/mol. The van der Waals surface area contributed by atoms with Crippen molar-refractivity contribution in [3.8, 4) is 0 Å². The second-order valence-electron chi connectivity index (χ2n) is 10.7. The number of piperidine rings is 2. The maximum absolute atomic E-state index is 14.4. The number of carbonyl (C=O) groups is 1. The summed E-state index contributed by atoms with van der Waals surface area (Å²) in [5, 5.41) is 12.3. The molecule has 1 aromatic carbocycles. The van der Waals surface area contributed by atoms with E-state index in [1.54, 1.807) is 0 Å². The summed E-state index contributed by atoms with van der Waals surface area (Å²) in [7, 11) is 1.86. The summed E-state index contributed by atoms with van der Waals surface area (Å²) in [6, 6.07) is 11.6. The zero-order valence-corrected chi connectivity index (χ0v) is 21.7.